The van der Waals surface area contributed by atoms with Gasteiger partial charge in [-0.1, -0.05) is 12.1 Å². The Hall–Kier alpha value is -0.980. The van der Waals surface area contributed by atoms with Gasteiger partial charge in [-0.05, 0) is 70.9 Å². The molecule has 116 valence electrons. The number of thioether (sulfide) groups is 1. The Morgan fingerprint density at radius 1 is 1.19 bits per heavy atom. The van der Waals surface area contributed by atoms with Gasteiger partial charge >= 0.3 is 0 Å². The first kappa shape index (κ1) is 18.1. The highest BCUT2D eigenvalue weighted by molar-refractivity contribution is 7.99. The number of hydrogen-bond acceptors (Lipinski definition) is 3. The largest absolute Gasteiger partial charge is 0.308 e. The molecule has 3 heteroatoms. The Kier molecular flexibility index (Phi) is 6.77. The van der Waals surface area contributed by atoms with E-state index in [0.717, 1.165) is 25.1 Å². The minimum Gasteiger partial charge on any atom is -0.308 e. The fourth-order valence-corrected chi connectivity index (χ4v) is 2.81. The third kappa shape index (κ3) is 8.14. The maximum absolute atomic E-state index is 9.01. The Morgan fingerprint density at radius 3 is 2.52 bits per heavy atom. The van der Waals surface area contributed by atoms with Crippen LogP contribution in [0.15, 0.2) is 29.2 Å². The summed E-state index contributed by atoms with van der Waals surface area (Å²) >= 11 is 1.88. The molecule has 1 aromatic rings. The normalized spacial score (nSPS) is 12.2. The summed E-state index contributed by atoms with van der Waals surface area (Å²) in [7, 11) is 0. The molecule has 0 bridgehead atoms. The number of benzene rings is 1. The molecular weight excluding hydrogens is 276 g/mol. The van der Waals surface area contributed by atoms with E-state index in [9.17, 15) is 0 Å². The predicted octanol–water partition coefficient (Wildman–Crippen LogP) is 5.00. The van der Waals surface area contributed by atoms with E-state index in [4.69, 9.17) is 5.26 Å². The molecule has 0 aliphatic carbocycles. The molecule has 0 unspecified atom stereocenters. The van der Waals surface area contributed by atoms with Gasteiger partial charge in [-0.25, -0.2) is 0 Å². The maximum Gasteiger partial charge on any atom is 0.0683 e. The molecule has 1 N–H and O–H groups in total. The van der Waals surface area contributed by atoms with E-state index in [1.165, 1.54) is 10.5 Å². The third-order valence-electron chi connectivity index (χ3n) is 3.24. The summed E-state index contributed by atoms with van der Waals surface area (Å²) in [6.45, 7) is 11.5. The van der Waals surface area contributed by atoms with Crippen molar-refractivity contribution in [3.8, 4) is 6.07 Å². The van der Waals surface area contributed by atoms with Crippen molar-refractivity contribution in [3.63, 3.8) is 0 Å². The van der Waals surface area contributed by atoms with Crippen LogP contribution in [0, 0.1) is 16.7 Å². The number of nitrogens with zero attached hydrogens (tertiary/aromatic N) is 1. The van der Waals surface area contributed by atoms with Crippen LogP contribution >= 0.6 is 11.8 Å². The average Bonchev–Trinajstić information content (AvgIpc) is 2.41. The van der Waals surface area contributed by atoms with Gasteiger partial charge in [0.25, 0.3) is 0 Å². The molecule has 0 fully saturated rings. The van der Waals surface area contributed by atoms with Crippen molar-refractivity contribution in [1.82, 2.24) is 5.32 Å². The predicted molar refractivity (Wildman–Crippen MR) is 92.4 cm³/mol. The summed E-state index contributed by atoms with van der Waals surface area (Å²) in [5.74, 6) is 1.07. The molecule has 0 aliphatic heterocycles. The van der Waals surface area contributed by atoms with E-state index < -0.39 is 0 Å². The highest BCUT2D eigenvalue weighted by atomic mass is 32.2. The van der Waals surface area contributed by atoms with Gasteiger partial charge < -0.3 is 5.32 Å². The molecule has 2 nitrogen and oxygen atoms in total. The van der Waals surface area contributed by atoms with Crippen molar-refractivity contribution in [2.24, 2.45) is 5.41 Å². The second-order valence-electron chi connectivity index (χ2n) is 7.20. The smallest absolute Gasteiger partial charge is 0.0683 e. The molecule has 1 aromatic carbocycles. The van der Waals surface area contributed by atoms with Crippen molar-refractivity contribution in [1.29, 1.82) is 5.26 Å². The Labute approximate surface area is 134 Å². The van der Waals surface area contributed by atoms with Gasteiger partial charge in [0, 0.05) is 17.0 Å². The van der Waals surface area contributed by atoms with Gasteiger partial charge in [0.2, 0.25) is 0 Å². The second-order valence-corrected chi connectivity index (χ2v) is 8.37. The van der Waals surface area contributed by atoms with Crippen LogP contribution in [-0.2, 0) is 6.54 Å². The molecule has 21 heavy (non-hydrogen) atoms. The van der Waals surface area contributed by atoms with Crippen LogP contribution in [0.4, 0.5) is 0 Å². The van der Waals surface area contributed by atoms with Crippen molar-refractivity contribution < 1.29 is 0 Å². The number of nitriles is 1. The summed E-state index contributed by atoms with van der Waals surface area (Å²) in [6.07, 6.45) is 2.04. The minimum absolute atomic E-state index is 0.145. The zero-order valence-electron chi connectivity index (χ0n) is 14.0. The van der Waals surface area contributed by atoms with E-state index >= 15 is 0 Å². The third-order valence-corrected chi connectivity index (χ3v) is 4.32. The molecule has 0 aliphatic rings. The zero-order valence-corrected chi connectivity index (χ0v) is 14.8. The summed E-state index contributed by atoms with van der Waals surface area (Å²) in [6, 6.07) is 11.1. The van der Waals surface area contributed by atoms with E-state index in [0.29, 0.717) is 0 Å². The lowest BCUT2D eigenvalue weighted by Gasteiger charge is -2.20. The standard InChI is InChI=1S/C18H28N2S/c1-17(2,3)20-13-15-8-6-9-16(12-15)21-11-7-10-18(4,5)14-19/h6,8-9,12,20H,7,10-11,13H2,1-5H3. The van der Waals surface area contributed by atoms with Gasteiger partial charge in [0.05, 0.1) is 11.5 Å². The quantitative estimate of drug-likeness (QED) is 0.569. The van der Waals surface area contributed by atoms with Crippen LogP contribution < -0.4 is 5.32 Å². The summed E-state index contributed by atoms with van der Waals surface area (Å²) in [4.78, 5) is 1.32. The topological polar surface area (TPSA) is 35.8 Å². The van der Waals surface area contributed by atoms with E-state index in [1.807, 2.05) is 25.6 Å². The fraction of sp³-hybridized carbons (Fsp3) is 0.611. The Balaban J connectivity index is 2.41. The molecule has 0 spiro atoms. The monoisotopic (exact) mass is 304 g/mol. The lowest BCUT2D eigenvalue weighted by atomic mass is 9.90. The number of hydrogen-bond donors (Lipinski definition) is 1. The molecule has 0 amide bonds. The molecule has 1 rings (SSSR count). The van der Waals surface area contributed by atoms with Crippen LogP contribution in [-0.4, -0.2) is 11.3 Å². The maximum atomic E-state index is 9.01. The van der Waals surface area contributed by atoms with Crippen LogP contribution in [0.5, 0.6) is 0 Å². The summed E-state index contributed by atoms with van der Waals surface area (Å²) < 4.78 is 0. The van der Waals surface area contributed by atoms with Gasteiger partial charge in [0.15, 0.2) is 0 Å². The highest BCUT2D eigenvalue weighted by Crippen LogP contribution is 2.25. The molecule has 0 saturated heterocycles. The first-order valence-electron chi connectivity index (χ1n) is 7.60. The fourth-order valence-electron chi connectivity index (χ4n) is 1.87. The molecule has 0 radical (unpaired) electrons. The van der Waals surface area contributed by atoms with Crippen molar-refractivity contribution in [3.05, 3.63) is 29.8 Å². The van der Waals surface area contributed by atoms with Crippen LogP contribution in [0.1, 0.15) is 53.0 Å². The minimum atomic E-state index is -0.195. The lowest BCUT2D eigenvalue weighted by Crippen LogP contribution is -2.35. The number of rotatable bonds is 7. The Morgan fingerprint density at radius 2 is 1.90 bits per heavy atom. The Bertz CT molecular complexity index is 481. The summed E-state index contributed by atoms with van der Waals surface area (Å²) in [5, 5.41) is 12.5. The summed E-state index contributed by atoms with van der Waals surface area (Å²) in [5.41, 5.74) is 1.28. The highest BCUT2D eigenvalue weighted by Gasteiger charge is 2.15. The van der Waals surface area contributed by atoms with E-state index in [1.54, 1.807) is 0 Å². The SMILES string of the molecule is CC(C)(C#N)CCCSc1cccc(CNC(C)(C)C)c1. The molecular formula is C18H28N2S. The molecule has 0 saturated carbocycles. The number of nitrogens with one attached hydrogen (secondary N) is 1. The molecule has 0 aromatic heterocycles. The lowest BCUT2D eigenvalue weighted by molar-refractivity contribution is 0.424. The van der Waals surface area contributed by atoms with Crippen LogP contribution in [0.25, 0.3) is 0 Å². The first-order chi connectivity index (χ1) is 9.72. The van der Waals surface area contributed by atoms with Gasteiger partial charge in [-0.2, -0.15) is 5.26 Å². The average molecular weight is 305 g/mol. The van der Waals surface area contributed by atoms with Crippen LogP contribution in [0.2, 0.25) is 0 Å². The van der Waals surface area contributed by atoms with Gasteiger partial charge in [0.1, 0.15) is 0 Å². The van der Waals surface area contributed by atoms with Crippen molar-refractivity contribution in [2.45, 2.75) is 64.4 Å². The van der Waals surface area contributed by atoms with Crippen molar-refractivity contribution >= 4 is 11.8 Å². The van der Waals surface area contributed by atoms with Crippen LogP contribution in [0.3, 0.4) is 0 Å². The molecule has 0 atom stereocenters. The van der Waals surface area contributed by atoms with Gasteiger partial charge in [-0.3, -0.25) is 0 Å². The first-order valence-corrected chi connectivity index (χ1v) is 8.58. The van der Waals surface area contributed by atoms with E-state index in [-0.39, 0.29) is 11.0 Å². The second kappa shape index (κ2) is 7.87. The molecule has 0 heterocycles. The van der Waals surface area contributed by atoms with E-state index in [2.05, 4.69) is 56.4 Å². The zero-order chi connectivity index (χ0) is 15.9. The van der Waals surface area contributed by atoms with Gasteiger partial charge in [-0.15, -0.1) is 11.8 Å². The van der Waals surface area contributed by atoms with Crippen molar-refractivity contribution in [2.75, 3.05) is 5.75 Å².